The summed E-state index contributed by atoms with van der Waals surface area (Å²) in [6.45, 7) is 1.17. The van der Waals surface area contributed by atoms with Gasteiger partial charge in [-0.15, -0.1) is 11.8 Å². The van der Waals surface area contributed by atoms with Crippen LogP contribution in [0.25, 0.3) is 0 Å². The minimum Gasteiger partial charge on any atom is -0.376 e. The summed E-state index contributed by atoms with van der Waals surface area (Å²) in [6.07, 6.45) is 1.99. The fourth-order valence-electron chi connectivity index (χ4n) is 2.98. The van der Waals surface area contributed by atoms with Gasteiger partial charge in [-0.2, -0.15) is 0 Å². The van der Waals surface area contributed by atoms with Crippen LogP contribution in [0.3, 0.4) is 0 Å². The first kappa shape index (κ1) is 21.6. The van der Waals surface area contributed by atoms with Crippen LogP contribution in [0.5, 0.6) is 0 Å². The van der Waals surface area contributed by atoms with Crippen molar-refractivity contribution in [3.05, 3.63) is 64.4 Å². The number of para-hydroxylation sites is 1. The molecule has 0 spiro atoms. The van der Waals surface area contributed by atoms with Crippen molar-refractivity contribution in [2.45, 2.75) is 24.7 Å². The molecule has 154 valence electrons. The molecule has 5 nitrogen and oxygen atoms in total. The van der Waals surface area contributed by atoms with E-state index in [-0.39, 0.29) is 23.7 Å². The third kappa shape index (κ3) is 6.45. The van der Waals surface area contributed by atoms with Crippen molar-refractivity contribution in [1.29, 1.82) is 0 Å². The Morgan fingerprint density at radius 3 is 2.83 bits per heavy atom. The van der Waals surface area contributed by atoms with Crippen LogP contribution in [-0.4, -0.2) is 36.8 Å². The van der Waals surface area contributed by atoms with E-state index in [1.165, 1.54) is 17.8 Å². The van der Waals surface area contributed by atoms with Crippen molar-refractivity contribution in [3.8, 4) is 0 Å². The number of carbonyl (C=O) groups excluding carboxylic acids is 2. The van der Waals surface area contributed by atoms with Gasteiger partial charge in [-0.05, 0) is 42.7 Å². The SMILES string of the molecule is O=C(CSCc1ccc(Cl)cc1F)Nc1ccccc1C(=O)NC[C@H]1CCCO1. The highest BCUT2D eigenvalue weighted by atomic mass is 35.5. The van der Waals surface area contributed by atoms with Crippen LogP contribution in [-0.2, 0) is 15.3 Å². The summed E-state index contributed by atoms with van der Waals surface area (Å²) in [5, 5.41) is 5.96. The van der Waals surface area contributed by atoms with Gasteiger partial charge in [0, 0.05) is 23.9 Å². The smallest absolute Gasteiger partial charge is 0.253 e. The predicted molar refractivity (Wildman–Crippen MR) is 114 cm³/mol. The number of anilines is 1. The zero-order valence-electron chi connectivity index (χ0n) is 15.8. The Kier molecular flexibility index (Phi) is 7.91. The fraction of sp³-hybridized carbons (Fsp3) is 0.333. The molecule has 1 aliphatic rings. The molecule has 8 heteroatoms. The fourth-order valence-corrected chi connectivity index (χ4v) is 3.95. The summed E-state index contributed by atoms with van der Waals surface area (Å²) in [6, 6.07) is 11.3. The Morgan fingerprint density at radius 2 is 2.07 bits per heavy atom. The minimum absolute atomic E-state index is 0.0466. The Bertz CT molecular complexity index is 875. The molecule has 2 aromatic rings. The highest BCUT2D eigenvalue weighted by Crippen LogP contribution is 2.20. The van der Waals surface area contributed by atoms with Crippen molar-refractivity contribution in [2.75, 3.05) is 24.2 Å². The first-order valence-electron chi connectivity index (χ1n) is 9.33. The molecule has 1 fully saturated rings. The van der Waals surface area contributed by atoms with E-state index in [1.54, 1.807) is 36.4 Å². The maximum absolute atomic E-state index is 13.8. The van der Waals surface area contributed by atoms with Gasteiger partial charge in [-0.25, -0.2) is 4.39 Å². The van der Waals surface area contributed by atoms with Crippen molar-refractivity contribution >= 4 is 40.9 Å². The van der Waals surface area contributed by atoms with Gasteiger partial charge in [0.15, 0.2) is 0 Å². The highest BCUT2D eigenvalue weighted by molar-refractivity contribution is 7.99. The quantitative estimate of drug-likeness (QED) is 0.648. The molecule has 0 bridgehead atoms. The molecule has 2 N–H and O–H groups in total. The van der Waals surface area contributed by atoms with Crippen LogP contribution in [0.4, 0.5) is 10.1 Å². The van der Waals surface area contributed by atoms with Crippen LogP contribution < -0.4 is 10.6 Å². The van der Waals surface area contributed by atoms with Gasteiger partial charge in [0.1, 0.15) is 5.82 Å². The lowest BCUT2D eigenvalue weighted by Crippen LogP contribution is -2.32. The molecule has 1 atom stereocenters. The van der Waals surface area contributed by atoms with E-state index < -0.39 is 5.82 Å². The predicted octanol–water partition coefficient (Wildman–Crippen LogP) is 4.26. The molecule has 1 heterocycles. The Balaban J connectivity index is 1.51. The maximum Gasteiger partial charge on any atom is 0.253 e. The number of nitrogens with one attached hydrogen (secondary N) is 2. The molecular weight excluding hydrogens is 415 g/mol. The molecule has 29 heavy (non-hydrogen) atoms. The average molecular weight is 437 g/mol. The van der Waals surface area contributed by atoms with Gasteiger partial charge in [0.25, 0.3) is 5.91 Å². The van der Waals surface area contributed by atoms with E-state index >= 15 is 0 Å². The summed E-state index contributed by atoms with van der Waals surface area (Å²) in [4.78, 5) is 24.8. The van der Waals surface area contributed by atoms with Gasteiger partial charge in [-0.3, -0.25) is 9.59 Å². The van der Waals surface area contributed by atoms with Gasteiger partial charge >= 0.3 is 0 Å². The third-order valence-electron chi connectivity index (χ3n) is 4.47. The summed E-state index contributed by atoms with van der Waals surface area (Å²) >= 11 is 7.02. The van der Waals surface area contributed by atoms with Crippen LogP contribution in [0.15, 0.2) is 42.5 Å². The second-order valence-corrected chi connectivity index (χ2v) is 8.09. The Hall–Kier alpha value is -2.09. The largest absolute Gasteiger partial charge is 0.376 e. The van der Waals surface area contributed by atoms with E-state index in [0.717, 1.165) is 19.4 Å². The Labute approximate surface area is 178 Å². The summed E-state index contributed by atoms with van der Waals surface area (Å²) in [5.41, 5.74) is 1.33. The molecule has 2 amide bonds. The summed E-state index contributed by atoms with van der Waals surface area (Å²) < 4.78 is 19.3. The number of benzene rings is 2. The Morgan fingerprint density at radius 1 is 1.24 bits per heavy atom. The van der Waals surface area contributed by atoms with Crippen molar-refractivity contribution in [2.24, 2.45) is 0 Å². The van der Waals surface area contributed by atoms with E-state index in [4.69, 9.17) is 16.3 Å². The van der Waals surface area contributed by atoms with E-state index in [1.807, 2.05) is 0 Å². The molecule has 2 aromatic carbocycles. The molecule has 0 saturated carbocycles. The zero-order valence-corrected chi connectivity index (χ0v) is 17.3. The third-order valence-corrected chi connectivity index (χ3v) is 5.68. The van der Waals surface area contributed by atoms with E-state index in [2.05, 4.69) is 10.6 Å². The lowest BCUT2D eigenvalue weighted by molar-refractivity contribution is -0.113. The average Bonchev–Trinajstić information content (AvgIpc) is 3.22. The topological polar surface area (TPSA) is 67.4 Å². The number of thioether (sulfide) groups is 1. The van der Waals surface area contributed by atoms with E-state index in [0.29, 0.717) is 34.1 Å². The minimum atomic E-state index is -0.390. The van der Waals surface area contributed by atoms with Gasteiger partial charge in [0.05, 0.1) is 23.1 Å². The second-order valence-electron chi connectivity index (χ2n) is 6.67. The first-order chi connectivity index (χ1) is 14.0. The standard InChI is InChI=1S/C21H22ClFN2O3S/c22-15-8-7-14(18(23)10-15)12-29-13-20(26)25-19-6-2-1-5-17(19)21(27)24-11-16-4-3-9-28-16/h1-2,5-8,10,16H,3-4,9,11-13H2,(H,24,27)(H,25,26)/t16-/m1/s1. The number of amides is 2. The van der Waals surface area contributed by atoms with Crippen LogP contribution in [0, 0.1) is 5.82 Å². The lowest BCUT2D eigenvalue weighted by Gasteiger charge is -2.14. The number of hydrogen-bond acceptors (Lipinski definition) is 4. The number of hydrogen-bond donors (Lipinski definition) is 2. The number of carbonyl (C=O) groups is 2. The number of rotatable bonds is 8. The normalized spacial score (nSPS) is 15.9. The van der Waals surface area contributed by atoms with Crippen molar-refractivity contribution in [1.82, 2.24) is 5.32 Å². The molecular formula is C21H22ClFN2O3S. The lowest BCUT2D eigenvalue weighted by atomic mass is 10.1. The first-order valence-corrected chi connectivity index (χ1v) is 10.9. The molecule has 1 aliphatic heterocycles. The van der Waals surface area contributed by atoms with Gasteiger partial charge < -0.3 is 15.4 Å². The van der Waals surface area contributed by atoms with Crippen LogP contribution >= 0.6 is 23.4 Å². The molecule has 1 saturated heterocycles. The highest BCUT2D eigenvalue weighted by Gasteiger charge is 2.18. The maximum atomic E-state index is 13.8. The van der Waals surface area contributed by atoms with Gasteiger partial charge in [0.2, 0.25) is 5.91 Å². The van der Waals surface area contributed by atoms with Crippen LogP contribution in [0.2, 0.25) is 5.02 Å². The number of ether oxygens (including phenoxy) is 1. The second kappa shape index (κ2) is 10.6. The molecule has 3 rings (SSSR count). The molecule has 0 aliphatic carbocycles. The van der Waals surface area contributed by atoms with Crippen molar-refractivity contribution < 1.29 is 18.7 Å². The van der Waals surface area contributed by atoms with Crippen molar-refractivity contribution in [3.63, 3.8) is 0 Å². The summed E-state index contributed by atoms with van der Waals surface area (Å²) in [7, 11) is 0. The zero-order chi connectivity index (χ0) is 20.6. The molecule has 0 unspecified atom stereocenters. The summed E-state index contributed by atoms with van der Waals surface area (Å²) in [5.74, 6) is -0.428. The molecule has 0 radical (unpaired) electrons. The monoisotopic (exact) mass is 436 g/mol. The number of halogens is 2. The molecule has 0 aromatic heterocycles. The van der Waals surface area contributed by atoms with E-state index in [9.17, 15) is 14.0 Å². The van der Waals surface area contributed by atoms with Gasteiger partial charge in [-0.1, -0.05) is 29.8 Å². The van der Waals surface area contributed by atoms with Crippen LogP contribution in [0.1, 0.15) is 28.8 Å².